The molecule has 0 saturated carbocycles. The number of nitrogens with zero attached hydrogens (tertiary/aromatic N) is 2. The van der Waals surface area contributed by atoms with Crippen LogP contribution in [0, 0.1) is 0 Å². The summed E-state index contributed by atoms with van der Waals surface area (Å²) in [5.74, 6) is 0.374. The minimum atomic E-state index is -3.76. The number of thioether (sulfide) groups is 1. The molecule has 27 heavy (non-hydrogen) atoms. The van der Waals surface area contributed by atoms with Crippen LogP contribution in [0.15, 0.2) is 64.6 Å². The second kappa shape index (κ2) is 7.91. The number of benzene rings is 2. The van der Waals surface area contributed by atoms with Crippen LogP contribution in [-0.2, 0) is 14.8 Å². The number of H-pyrrole nitrogens is 1. The Hall–Kier alpha value is -2.69. The number of carbonyl (C=O) groups is 1. The van der Waals surface area contributed by atoms with Gasteiger partial charge in [0.25, 0.3) is 0 Å². The maximum atomic E-state index is 12.3. The first-order chi connectivity index (χ1) is 12.8. The average Bonchev–Trinajstić information content (AvgIpc) is 3.10. The lowest BCUT2D eigenvalue weighted by Crippen LogP contribution is -2.22. The fourth-order valence-corrected chi connectivity index (χ4v) is 3.45. The summed E-state index contributed by atoms with van der Waals surface area (Å²) in [6.07, 6.45) is 0. The summed E-state index contributed by atoms with van der Waals surface area (Å²) in [5, 5.41) is 14.8. The first-order valence-electron chi connectivity index (χ1n) is 7.91. The van der Waals surface area contributed by atoms with Crippen molar-refractivity contribution in [3.8, 4) is 11.4 Å². The Kier molecular flexibility index (Phi) is 5.59. The van der Waals surface area contributed by atoms with Gasteiger partial charge in [-0.15, -0.1) is 5.10 Å². The molecular weight excluding hydrogens is 386 g/mol. The minimum absolute atomic E-state index is 0.0166. The van der Waals surface area contributed by atoms with Gasteiger partial charge >= 0.3 is 0 Å². The molecule has 1 aromatic heterocycles. The number of hydrogen-bond acceptors (Lipinski definition) is 6. The molecule has 8 nitrogen and oxygen atoms in total. The molecule has 0 unspecified atom stereocenters. The van der Waals surface area contributed by atoms with E-state index < -0.39 is 15.3 Å². The Labute approximate surface area is 160 Å². The molecule has 2 aromatic carbocycles. The van der Waals surface area contributed by atoms with E-state index in [4.69, 9.17) is 5.14 Å². The predicted octanol–water partition coefficient (Wildman–Crippen LogP) is 2.24. The number of sulfonamides is 1. The summed E-state index contributed by atoms with van der Waals surface area (Å²) < 4.78 is 22.5. The van der Waals surface area contributed by atoms with E-state index in [1.54, 1.807) is 6.92 Å². The number of hydrogen-bond donors (Lipinski definition) is 3. The quantitative estimate of drug-likeness (QED) is 0.541. The summed E-state index contributed by atoms with van der Waals surface area (Å²) in [6.45, 7) is 1.73. The lowest BCUT2D eigenvalue weighted by molar-refractivity contribution is -0.115. The highest BCUT2D eigenvalue weighted by atomic mass is 32.2. The molecule has 0 aliphatic rings. The van der Waals surface area contributed by atoms with Gasteiger partial charge in [-0.2, -0.15) is 0 Å². The van der Waals surface area contributed by atoms with Crippen molar-refractivity contribution in [1.29, 1.82) is 0 Å². The number of anilines is 1. The van der Waals surface area contributed by atoms with Gasteiger partial charge in [-0.25, -0.2) is 18.5 Å². The van der Waals surface area contributed by atoms with Crippen LogP contribution in [0.5, 0.6) is 0 Å². The van der Waals surface area contributed by atoms with E-state index in [2.05, 4.69) is 20.5 Å². The van der Waals surface area contributed by atoms with Crippen LogP contribution in [0.3, 0.4) is 0 Å². The molecule has 140 valence electrons. The van der Waals surface area contributed by atoms with Crippen molar-refractivity contribution in [1.82, 2.24) is 15.2 Å². The molecule has 4 N–H and O–H groups in total. The van der Waals surface area contributed by atoms with Crippen LogP contribution in [0.4, 0.5) is 5.69 Å². The van der Waals surface area contributed by atoms with Crippen molar-refractivity contribution >= 4 is 33.4 Å². The lowest BCUT2D eigenvalue weighted by Gasteiger charge is -2.10. The largest absolute Gasteiger partial charge is 0.325 e. The Balaban J connectivity index is 1.62. The van der Waals surface area contributed by atoms with E-state index in [1.807, 2.05) is 30.3 Å². The van der Waals surface area contributed by atoms with Crippen LogP contribution in [0.1, 0.15) is 6.92 Å². The molecule has 0 aliphatic heterocycles. The molecule has 0 radical (unpaired) electrons. The van der Waals surface area contributed by atoms with Crippen LogP contribution >= 0.6 is 11.8 Å². The number of amides is 1. The van der Waals surface area contributed by atoms with E-state index >= 15 is 0 Å². The number of nitrogens with one attached hydrogen (secondary N) is 2. The Morgan fingerprint density at radius 2 is 1.81 bits per heavy atom. The lowest BCUT2D eigenvalue weighted by atomic mass is 10.2. The number of carbonyl (C=O) groups excluding carboxylic acids is 1. The standard InChI is InChI=1S/C17H17N5O3S2/c1-11(16(23)19-13-7-9-14(10-8-13)27(18,24)25)26-17-20-15(21-22-17)12-5-3-2-4-6-12/h2-11H,1H3,(H,19,23)(H2,18,24,25)(H,20,21,22)/t11-/m0/s1. The normalized spacial score (nSPS) is 12.5. The molecule has 0 aliphatic carbocycles. The van der Waals surface area contributed by atoms with Crippen LogP contribution < -0.4 is 10.5 Å². The second-order valence-corrected chi connectivity index (χ2v) is 8.52. The number of aromatic amines is 1. The number of nitrogens with two attached hydrogens (primary N) is 1. The first-order valence-corrected chi connectivity index (χ1v) is 10.3. The zero-order valence-electron chi connectivity index (χ0n) is 14.3. The van der Waals surface area contributed by atoms with Gasteiger partial charge in [-0.3, -0.25) is 9.89 Å². The number of primary sulfonamides is 1. The van der Waals surface area contributed by atoms with Gasteiger partial charge in [0.15, 0.2) is 5.82 Å². The van der Waals surface area contributed by atoms with Gasteiger partial charge in [-0.05, 0) is 31.2 Å². The monoisotopic (exact) mass is 403 g/mol. The van der Waals surface area contributed by atoms with E-state index in [0.717, 1.165) is 5.56 Å². The summed E-state index contributed by atoms with van der Waals surface area (Å²) >= 11 is 1.21. The van der Waals surface area contributed by atoms with Gasteiger partial charge < -0.3 is 5.32 Å². The third-order valence-electron chi connectivity index (χ3n) is 3.61. The van der Waals surface area contributed by atoms with Gasteiger partial charge in [0.05, 0.1) is 10.1 Å². The van der Waals surface area contributed by atoms with Crippen LogP contribution in [0.25, 0.3) is 11.4 Å². The molecule has 1 atom stereocenters. The summed E-state index contributed by atoms with van der Waals surface area (Å²) in [7, 11) is -3.76. The van der Waals surface area contributed by atoms with Crippen LogP contribution in [0.2, 0.25) is 0 Å². The molecule has 3 rings (SSSR count). The zero-order chi connectivity index (χ0) is 19.4. The summed E-state index contributed by atoms with van der Waals surface area (Å²) in [4.78, 5) is 16.7. The van der Waals surface area contributed by atoms with Crippen molar-refractivity contribution in [3.63, 3.8) is 0 Å². The van der Waals surface area contributed by atoms with Crippen molar-refractivity contribution < 1.29 is 13.2 Å². The molecule has 1 amide bonds. The molecule has 10 heteroatoms. The molecule has 1 heterocycles. The fourth-order valence-electron chi connectivity index (χ4n) is 2.21. The molecule has 0 spiro atoms. The molecule has 0 saturated heterocycles. The number of rotatable bonds is 6. The van der Waals surface area contributed by atoms with Crippen molar-refractivity contribution in [3.05, 3.63) is 54.6 Å². The van der Waals surface area contributed by atoms with E-state index in [0.29, 0.717) is 16.7 Å². The fraction of sp³-hybridized carbons (Fsp3) is 0.118. The molecule has 0 bridgehead atoms. The van der Waals surface area contributed by atoms with Crippen molar-refractivity contribution in [2.75, 3.05) is 5.32 Å². The van der Waals surface area contributed by atoms with Crippen molar-refractivity contribution in [2.45, 2.75) is 22.2 Å². The van der Waals surface area contributed by atoms with E-state index in [1.165, 1.54) is 36.0 Å². The Morgan fingerprint density at radius 3 is 2.44 bits per heavy atom. The topological polar surface area (TPSA) is 131 Å². The summed E-state index contributed by atoms with van der Waals surface area (Å²) in [6, 6.07) is 15.2. The van der Waals surface area contributed by atoms with Crippen molar-refractivity contribution in [2.24, 2.45) is 5.14 Å². The first kappa shape index (κ1) is 19.1. The maximum absolute atomic E-state index is 12.3. The SMILES string of the molecule is C[C@H](Sc1n[nH]c(-c2ccccc2)n1)C(=O)Nc1ccc(S(N)(=O)=O)cc1. The van der Waals surface area contributed by atoms with Crippen LogP contribution in [-0.4, -0.2) is 34.8 Å². The summed E-state index contributed by atoms with van der Waals surface area (Å²) in [5.41, 5.74) is 1.38. The Morgan fingerprint density at radius 1 is 1.15 bits per heavy atom. The maximum Gasteiger partial charge on any atom is 0.238 e. The highest BCUT2D eigenvalue weighted by molar-refractivity contribution is 8.00. The zero-order valence-corrected chi connectivity index (χ0v) is 15.9. The smallest absolute Gasteiger partial charge is 0.238 e. The molecule has 3 aromatic rings. The Bertz CT molecular complexity index is 1030. The van der Waals surface area contributed by atoms with Gasteiger partial charge in [-0.1, -0.05) is 42.1 Å². The van der Waals surface area contributed by atoms with Gasteiger partial charge in [0.2, 0.25) is 21.1 Å². The van der Waals surface area contributed by atoms with Gasteiger partial charge in [0, 0.05) is 11.3 Å². The minimum Gasteiger partial charge on any atom is -0.325 e. The predicted molar refractivity (Wildman–Crippen MR) is 104 cm³/mol. The highest BCUT2D eigenvalue weighted by Crippen LogP contribution is 2.23. The van der Waals surface area contributed by atoms with E-state index in [-0.39, 0.29) is 10.8 Å². The highest BCUT2D eigenvalue weighted by Gasteiger charge is 2.18. The van der Waals surface area contributed by atoms with Gasteiger partial charge in [0.1, 0.15) is 0 Å². The third kappa shape index (κ3) is 4.94. The average molecular weight is 403 g/mol. The third-order valence-corrected chi connectivity index (χ3v) is 5.50. The number of aromatic nitrogens is 3. The van der Waals surface area contributed by atoms with E-state index in [9.17, 15) is 13.2 Å². The molecule has 0 fully saturated rings. The second-order valence-electron chi connectivity index (χ2n) is 5.65. The molecular formula is C17H17N5O3S2.